The van der Waals surface area contributed by atoms with Gasteiger partial charge in [-0.2, -0.15) is 5.10 Å². The Hall–Kier alpha value is -3.73. The summed E-state index contributed by atoms with van der Waals surface area (Å²) in [5.41, 5.74) is 3.88. The topological polar surface area (TPSA) is 137 Å². The molecule has 0 radical (unpaired) electrons. The van der Waals surface area contributed by atoms with Crippen LogP contribution in [0.4, 0.5) is 5.95 Å². The molecule has 0 saturated heterocycles. The largest absolute Gasteiger partial charge is 0.504 e. The van der Waals surface area contributed by atoms with Gasteiger partial charge in [-0.05, 0) is 48.0 Å². The van der Waals surface area contributed by atoms with Gasteiger partial charge in [-0.25, -0.2) is 10.1 Å². The predicted octanol–water partition coefficient (Wildman–Crippen LogP) is 2.14. The van der Waals surface area contributed by atoms with Gasteiger partial charge < -0.3 is 20.4 Å². The summed E-state index contributed by atoms with van der Waals surface area (Å²) in [6.07, 6.45) is 1.48. The van der Waals surface area contributed by atoms with Gasteiger partial charge in [0.05, 0.1) is 26.2 Å². The molecule has 10 nitrogen and oxygen atoms in total. The van der Waals surface area contributed by atoms with Crippen molar-refractivity contribution in [2.45, 2.75) is 5.16 Å². The van der Waals surface area contributed by atoms with E-state index in [9.17, 15) is 9.90 Å². The van der Waals surface area contributed by atoms with Crippen LogP contribution in [0.5, 0.6) is 17.2 Å². The van der Waals surface area contributed by atoms with Crippen molar-refractivity contribution in [3.63, 3.8) is 0 Å². The zero-order chi connectivity index (χ0) is 21.5. The van der Waals surface area contributed by atoms with Crippen molar-refractivity contribution >= 4 is 29.7 Å². The molecule has 0 bridgehead atoms. The lowest BCUT2D eigenvalue weighted by Gasteiger charge is -2.04. The van der Waals surface area contributed by atoms with E-state index in [1.165, 1.54) is 24.1 Å². The summed E-state index contributed by atoms with van der Waals surface area (Å²) in [6, 6.07) is 11.7. The van der Waals surface area contributed by atoms with Crippen LogP contribution in [0.3, 0.4) is 0 Å². The lowest BCUT2D eigenvalue weighted by Crippen LogP contribution is -2.14. The Balaban J connectivity index is 1.57. The molecular weight excluding hydrogens is 408 g/mol. The van der Waals surface area contributed by atoms with Crippen molar-refractivity contribution in [1.29, 1.82) is 0 Å². The van der Waals surface area contributed by atoms with E-state index in [0.717, 1.165) is 11.8 Å². The molecule has 156 valence electrons. The van der Waals surface area contributed by atoms with Gasteiger partial charge in [-0.3, -0.25) is 4.79 Å². The fourth-order valence-corrected chi connectivity index (χ4v) is 3.14. The van der Waals surface area contributed by atoms with Crippen LogP contribution in [0.1, 0.15) is 15.9 Å². The molecule has 2 aromatic carbocycles. The number of nitrogen functional groups attached to an aromatic ring is 1. The number of nitrogens with one attached hydrogen (secondary N) is 1. The first-order valence-electron chi connectivity index (χ1n) is 8.68. The summed E-state index contributed by atoms with van der Waals surface area (Å²) in [7, 11) is 3.04. The monoisotopic (exact) mass is 428 g/mol. The first-order valence-corrected chi connectivity index (χ1v) is 9.67. The van der Waals surface area contributed by atoms with Crippen molar-refractivity contribution < 1.29 is 19.4 Å². The normalized spacial score (nSPS) is 10.9. The molecule has 0 aliphatic carbocycles. The second-order valence-corrected chi connectivity index (χ2v) is 6.86. The molecular formula is C19H20N6O4S. The third-order valence-electron chi connectivity index (χ3n) is 3.99. The number of aromatic hydroxyl groups is 1. The van der Waals surface area contributed by atoms with Crippen LogP contribution >= 0.6 is 11.8 Å². The number of benzene rings is 2. The van der Waals surface area contributed by atoms with Gasteiger partial charge in [-0.1, -0.05) is 11.8 Å². The maximum Gasteiger partial charge on any atom is 0.264 e. The molecule has 0 aliphatic heterocycles. The average Bonchev–Trinajstić information content (AvgIpc) is 3.11. The van der Waals surface area contributed by atoms with Crippen molar-refractivity contribution in [2.24, 2.45) is 5.10 Å². The smallest absolute Gasteiger partial charge is 0.264 e. The zero-order valence-corrected chi connectivity index (χ0v) is 17.1. The minimum absolute atomic E-state index is 0.00338. The molecule has 30 heavy (non-hydrogen) atoms. The quantitative estimate of drug-likeness (QED) is 0.154. The summed E-state index contributed by atoms with van der Waals surface area (Å²) in [6.45, 7) is 0. The number of hydrazone groups is 1. The van der Waals surface area contributed by atoms with Gasteiger partial charge in [0.15, 0.2) is 17.3 Å². The molecule has 11 heteroatoms. The fourth-order valence-electron chi connectivity index (χ4n) is 2.39. The van der Waals surface area contributed by atoms with E-state index in [1.807, 2.05) is 0 Å². The van der Waals surface area contributed by atoms with Gasteiger partial charge in [-0.15, -0.1) is 10.2 Å². The molecule has 0 amide bonds. The molecule has 0 aliphatic rings. The van der Waals surface area contributed by atoms with Crippen LogP contribution in [0.25, 0.3) is 0 Å². The Morgan fingerprint density at radius 1 is 1.23 bits per heavy atom. The first-order chi connectivity index (χ1) is 14.5. The van der Waals surface area contributed by atoms with E-state index >= 15 is 0 Å². The molecule has 4 N–H and O–H groups in total. The number of rotatable bonds is 9. The molecule has 3 rings (SSSR count). The van der Waals surface area contributed by atoms with E-state index in [-0.39, 0.29) is 23.2 Å². The second-order valence-electron chi connectivity index (χ2n) is 5.92. The minimum Gasteiger partial charge on any atom is -0.504 e. The van der Waals surface area contributed by atoms with E-state index in [1.54, 1.807) is 43.5 Å². The number of methoxy groups -OCH3 is 2. The Morgan fingerprint density at radius 2 is 2.00 bits per heavy atom. The third-order valence-corrected chi connectivity index (χ3v) is 4.93. The number of carbonyl (C=O) groups excluding carboxylic acids is 1. The molecule has 0 atom stereocenters. The van der Waals surface area contributed by atoms with Gasteiger partial charge in [0.2, 0.25) is 5.16 Å². The van der Waals surface area contributed by atoms with Crippen LogP contribution in [0.2, 0.25) is 0 Å². The molecule has 0 unspecified atom stereocenters. The van der Waals surface area contributed by atoms with Crippen molar-refractivity contribution in [1.82, 2.24) is 14.9 Å². The van der Waals surface area contributed by atoms with Gasteiger partial charge in [0, 0.05) is 5.56 Å². The number of ether oxygens (including phenoxy) is 2. The average molecular weight is 428 g/mol. The number of phenolic OH excluding ortho intramolecular Hbond substituents is 1. The van der Waals surface area contributed by atoms with Crippen molar-refractivity contribution in [2.75, 3.05) is 31.2 Å². The van der Waals surface area contributed by atoms with Crippen LogP contribution in [-0.4, -0.2) is 52.0 Å². The van der Waals surface area contributed by atoms with E-state index in [2.05, 4.69) is 20.7 Å². The first kappa shape index (κ1) is 21.0. The van der Waals surface area contributed by atoms with Crippen LogP contribution in [-0.2, 0) is 0 Å². The van der Waals surface area contributed by atoms with E-state index in [0.29, 0.717) is 27.8 Å². The number of nitrogens with two attached hydrogens (primary N) is 1. The summed E-state index contributed by atoms with van der Waals surface area (Å²) in [4.78, 5) is 12.3. The highest BCUT2D eigenvalue weighted by Gasteiger charge is 2.13. The molecule has 0 saturated carbocycles. The lowest BCUT2D eigenvalue weighted by atomic mass is 10.1. The molecule has 0 spiro atoms. The van der Waals surface area contributed by atoms with Crippen LogP contribution in [0, 0.1) is 0 Å². The number of anilines is 1. The Kier molecular flexibility index (Phi) is 6.75. The summed E-state index contributed by atoms with van der Waals surface area (Å²) in [5.74, 6) is 7.29. The summed E-state index contributed by atoms with van der Waals surface area (Å²) >= 11 is 1.16. The van der Waals surface area contributed by atoms with Gasteiger partial charge >= 0.3 is 0 Å². The number of Topliss-reactive ketones (excluding diaryl/α,β-unsaturated/α-hetero) is 1. The standard InChI is InChI=1S/C19H20N6O4S/c1-28-14-6-4-13(5-7-14)16(27)11-30-19-24-23-18(25(19)20)22-21-10-12-3-8-17(29-2)15(26)9-12/h3-10,26H,11,20H2,1-2H3,(H,22,23)/b21-10+. The van der Waals surface area contributed by atoms with Crippen molar-refractivity contribution in [3.05, 3.63) is 53.6 Å². The number of ketones is 1. The highest BCUT2D eigenvalue weighted by Crippen LogP contribution is 2.25. The van der Waals surface area contributed by atoms with Gasteiger partial charge in [0.25, 0.3) is 5.95 Å². The number of hydrogen-bond acceptors (Lipinski definition) is 10. The number of thioether (sulfide) groups is 1. The fraction of sp³-hybridized carbons (Fsp3) is 0.158. The number of aromatic nitrogens is 3. The molecule has 1 aromatic heterocycles. The van der Waals surface area contributed by atoms with E-state index < -0.39 is 0 Å². The third kappa shape index (κ3) is 5.00. The number of hydrogen-bond donors (Lipinski definition) is 3. The number of carbonyl (C=O) groups is 1. The maximum absolute atomic E-state index is 12.3. The van der Waals surface area contributed by atoms with Gasteiger partial charge in [0.1, 0.15) is 5.75 Å². The number of phenols is 1. The molecule has 1 heterocycles. The van der Waals surface area contributed by atoms with E-state index in [4.69, 9.17) is 15.3 Å². The Morgan fingerprint density at radius 3 is 2.67 bits per heavy atom. The molecule has 0 fully saturated rings. The highest BCUT2D eigenvalue weighted by atomic mass is 32.2. The molecule has 3 aromatic rings. The maximum atomic E-state index is 12.3. The SMILES string of the molecule is COc1ccc(C(=O)CSc2nnc(N/N=C/c3ccc(OC)c(O)c3)n2N)cc1. The zero-order valence-electron chi connectivity index (χ0n) is 16.3. The Bertz CT molecular complexity index is 1050. The van der Waals surface area contributed by atoms with Crippen molar-refractivity contribution in [3.8, 4) is 17.2 Å². The lowest BCUT2D eigenvalue weighted by molar-refractivity contribution is 0.102. The number of nitrogens with zero attached hydrogens (tertiary/aromatic N) is 4. The minimum atomic E-state index is -0.0718. The predicted molar refractivity (Wildman–Crippen MR) is 114 cm³/mol. The summed E-state index contributed by atoms with van der Waals surface area (Å²) < 4.78 is 11.3. The van der Waals surface area contributed by atoms with Crippen LogP contribution in [0.15, 0.2) is 52.7 Å². The second kappa shape index (κ2) is 9.65. The van der Waals surface area contributed by atoms with Crippen LogP contribution < -0.4 is 20.7 Å². The Labute approximate surface area is 176 Å². The highest BCUT2D eigenvalue weighted by molar-refractivity contribution is 7.99. The summed E-state index contributed by atoms with van der Waals surface area (Å²) in [5, 5.41) is 22.0.